The van der Waals surface area contributed by atoms with Gasteiger partial charge in [-0.3, -0.25) is 0 Å². The van der Waals surface area contributed by atoms with Crippen LogP contribution in [0.2, 0.25) is 0 Å². The summed E-state index contributed by atoms with van der Waals surface area (Å²) in [5, 5.41) is 0. The predicted octanol–water partition coefficient (Wildman–Crippen LogP) is 2.27. The van der Waals surface area contributed by atoms with Gasteiger partial charge >= 0.3 is 0 Å². The third kappa shape index (κ3) is 7.72. The van der Waals surface area contributed by atoms with Gasteiger partial charge in [-0.2, -0.15) is 4.98 Å². The fraction of sp³-hybridized carbons (Fsp3) is 0.667. The Morgan fingerprint density at radius 1 is 1.10 bits per heavy atom. The molecule has 6 nitrogen and oxygen atoms in total. The van der Waals surface area contributed by atoms with E-state index in [1.54, 1.807) is 19.2 Å². The molecular formula is C15H26N2O4. The zero-order valence-corrected chi connectivity index (χ0v) is 13.3. The Labute approximate surface area is 126 Å². The fourth-order valence-corrected chi connectivity index (χ4v) is 1.47. The van der Waals surface area contributed by atoms with Crippen molar-refractivity contribution in [3.05, 3.63) is 12.1 Å². The highest BCUT2D eigenvalue weighted by Crippen LogP contribution is 2.25. The third-order valence-corrected chi connectivity index (χ3v) is 2.38. The number of ether oxygens (including phenoxy) is 4. The number of nitrogen functional groups attached to an aromatic ring is 1. The van der Waals surface area contributed by atoms with Crippen molar-refractivity contribution in [2.24, 2.45) is 0 Å². The molecule has 0 aromatic carbocycles. The van der Waals surface area contributed by atoms with Gasteiger partial charge in [0.1, 0.15) is 5.60 Å². The lowest BCUT2D eigenvalue weighted by Crippen LogP contribution is -2.24. The SMILES string of the molecule is COCCOCCCOc1ccc(N)c(OC(C)(C)C)n1. The average Bonchev–Trinajstić information content (AvgIpc) is 2.39. The summed E-state index contributed by atoms with van der Waals surface area (Å²) in [6, 6.07) is 3.47. The van der Waals surface area contributed by atoms with Crippen LogP contribution in [0.15, 0.2) is 12.1 Å². The first kappa shape index (κ1) is 17.5. The van der Waals surface area contributed by atoms with Gasteiger partial charge in [-0.1, -0.05) is 0 Å². The first-order valence-corrected chi connectivity index (χ1v) is 7.07. The summed E-state index contributed by atoms with van der Waals surface area (Å²) in [5.41, 5.74) is 5.99. The zero-order chi connectivity index (χ0) is 15.7. The molecule has 0 spiro atoms. The molecule has 0 saturated heterocycles. The van der Waals surface area contributed by atoms with Crippen molar-refractivity contribution in [1.82, 2.24) is 4.98 Å². The number of pyridine rings is 1. The zero-order valence-electron chi connectivity index (χ0n) is 13.3. The van der Waals surface area contributed by atoms with E-state index in [0.29, 0.717) is 43.9 Å². The van der Waals surface area contributed by atoms with Crippen LogP contribution in [0.5, 0.6) is 11.8 Å². The van der Waals surface area contributed by atoms with Gasteiger partial charge in [0.2, 0.25) is 11.8 Å². The predicted molar refractivity (Wildman–Crippen MR) is 81.8 cm³/mol. The lowest BCUT2D eigenvalue weighted by Gasteiger charge is -2.21. The van der Waals surface area contributed by atoms with Crippen LogP contribution in [0.1, 0.15) is 27.2 Å². The van der Waals surface area contributed by atoms with Crippen LogP contribution < -0.4 is 15.2 Å². The minimum absolute atomic E-state index is 0.352. The Kier molecular flexibility index (Phi) is 7.25. The molecule has 1 aromatic heterocycles. The first-order valence-electron chi connectivity index (χ1n) is 7.07. The molecule has 0 amide bonds. The Morgan fingerprint density at radius 2 is 1.86 bits per heavy atom. The number of anilines is 1. The Morgan fingerprint density at radius 3 is 2.52 bits per heavy atom. The standard InChI is InChI=1S/C15H26N2O4/c1-15(2,3)21-14-12(16)6-7-13(17-14)20-9-5-8-19-11-10-18-4/h6-7H,5,8-11,16H2,1-4H3. The number of hydrogen-bond acceptors (Lipinski definition) is 6. The Bertz CT molecular complexity index is 419. The summed E-state index contributed by atoms with van der Waals surface area (Å²) in [4.78, 5) is 4.27. The minimum atomic E-state index is -0.352. The van der Waals surface area contributed by atoms with Crippen molar-refractivity contribution in [2.75, 3.05) is 39.3 Å². The van der Waals surface area contributed by atoms with E-state index in [1.165, 1.54) is 0 Å². The molecule has 0 aliphatic carbocycles. The first-order chi connectivity index (χ1) is 9.92. The quantitative estimate of drug-likeness (QED) is 0.705. The second-order valence-corrected chi connectivity index (χ2v) is 5.57. The normalized spacial score (nSPS) is 11.4. The van der Waals surface area contributed by atoms with Gasteiger partial charge in [0.15, 0.2) is 0 Å². The lowest BCUT2D eigenvalue weighted by atomic mass is 10.2. The third-order valence-electron chi connectivity index (χ3n) is 2.38. The van der Waals surface area contributed by atoms with E-state index >= 15 is 0 Å². The largest absolute Gasteiger partial charge is 0.477 e. The highest BCUT2D eigenvalue weighted by atomic mass is 16.5. The molecule has 0 fully saturated rings. The summed E-state index contributed by atoms with van der Waals surface area (Å²) < 4.78 is 21.5. The van der Waals surface area contributed by atoms with Gasteiger partial charge in [-0.15, -0.1) is 0 Å². The molecule has 0 saturated carbocycles. The maximum atomic E-state index is 5.84. The summed E-state index contributed by atoms with van der Waals surface area (Å²) in [7, 11) is 1.65. The summed E-state index contributed by atoms with van der Waals surface area (Å²) in [5.74, 6) is 0.900. The Hall–Kier alpha value is -1.53. The van der Waals surface area contributed by atoms with Crippen LogP contribution in [-0.2, 0) is 9.47 Å². The van der Waals surface area contributed by atoms with Gasteiger partial charge < -0.3 is 24.7 Å². The second kappa shape index (κ2) is 8.69. The average molecular weight is 298 g/mol. The van der Waals surface area contributed by atoms with Gasteiger partial charge in [-0.05, 0) is 26.8 Å². The topological polar surface area (TPSA) is 75.8 Å². The number of nitrogens with zero attached hydrogens (tertiary/aromatic N) is 1. The fourth-order valence-electron chi connectivity index (χ4n) is 1.47. The molecule has 0 bridgehead atoms. The number of rotatable bonds is 9. The van der Waals surface area contributed by atoms with Gasteiger partial charge in [0.05, 0.1) is 25.5 Å². The molecule has 2 N–H and O–H groups in total. The molecule has 0 radical (unpaired) electrons. The van der Waals surface area contributed by atoms with Crippen molar-refractivity contribution >= 4 is 5.69 Å². The molecule has 120 valence electrons. The van der Waals surface area contributed by atoms with E-state index in [4.69, 9.17) is 24.7 Å². The Balaban J connectivity index is 2.37. The molecule has 1 aromatic rings. The minimum Gasteiger partial charge on any atom is -0.477 e. The van der Waals surface area contributed by atoms with Crippen LogP contribution >= 0.6 is 0 Å². The van der Waals surface area contributed by atoms with Crippen molar-refractivity contribution in [1.29, 1.82) is 0 Å². The van der Waals surface area contributed by atoms with Crippen molar-refractivity contribution in [3.8, 4) is 11.8 Å². The van der Waals surface area contributed by atoms with Crippen LogP contribution in [-0.4, -0.2) is 44.1 Å². The summed E-state index contributed by atoms with van der Waals surface area (Å²) >= 11 is 0. The van der Waals surface area contributed by atoms with E-state index < -0.39 is 0 Å². The van der Waals surface area contributed by atoms with E-state index in [0.717, 1.165) is 6.42 Å². The molecule has 1 rings (SSSR count). The molecule has 0 aliphatic heterocycles. The summed E-state index contributed by atoms with van der Waals surface area (Å²) in [6.45, 7) is 8.19. The van der Waals surface area contributed by atoms with Crippen LogP contribution in [0.3, 0.4) is 0 Å². The van der Waals surface area contributed by atoms with Crippen LogP contribution in [0.4, 0.5) is 5.69 Å². The van der Waals surface area contributed by atoms with Crippen LogP contribution in [0, 0.1) is 0 Å². The highest BCUT2D eigenvalue weighted by molar-refractivity contribution is 5.49. The van der Waals surface area contributed by atoms with Crippen molar-refractivity contribution in [2.45, 2.75) is 32.8 Å². The second-order valence-electron chi connectivity index (χ2n) is 5.57. The van der Waals surface area contributed by atoms with Crippen molar-refractivity contribution < 1.29 is 18.9 Å². The summed E-state index contributed by atoms with van der Waals surface area (Å²) in [6.07, 6.45) is 0.783. The molecular weight excluding hydrogens is 272 g/mol. The van der Waals surface area contributed by atoms with Crippen LogP contribution in [0.25, 0.3) is 0 Å². The molecule has 0 atom stereocenters. The lowest BCUT2D eigenvalue weighted by molar-refractivity contribution is 0.0640. The highest BCUT2D eigenvalue weighted by Gasteiger charge is 2.15. The molecule has 1 heterocycles. The van der Waals surface area contributed by atoms with Gasteiger partial charge in [-0.25, -0.2) is 0 Å². The van der Waals surface area contributed by atoms with E-state index in [2.05, 4.69) is 4.98 Å². The molecule has 21 heavy (non-hydrogen) atoms. The van der Waals surface area contributed by atoms with E-state index in [9.17, 15) is 0 Å². The number of methoxy groups -OCH3 is 1. The monoisotopic (exact) mass is 298 g/mol. The number of hydrogen-bond donors (Lipinski definition) is 1. The molecule has 0 unspecified atom stereocenters. The maximum absolute atomic E-state index is 5.84. The van der Waals surface area contributed by atoms with E-state index in [1.807, 2.05) is 20.8 Å². The smallest absolute Gasteiger partial charge is 0.241 e. The van der Waals surface area contributed by atoms with Crippen molar-refractivity contribution in [3.63, 3.8) is 0 Å². The number of aromatic nitrogens is 1. The molecule has 0 aliphatic rings. The molecule has 6 heteroatoms. The number of nitrogens with two attached hydrogens (primary N) is 1. The maximum Gasteiger partial charge on any atom is 0.241 e. The van der Waals surface area contributed by atoms with E-state index in [-0.39, 0.29) is 5.60 Å². The van der Waals surface area contributed by atoms with Gasteiger partial charge in [0, 0.05) is 26.2 Å². The van der Waals surface area contributed by atoms with Gasteiger partial charge in [0.25, 0.3) is 0 Å².